The zero-order valence-electron chi connectivity index (χ0n) is 15.9. The Hall–Kier alpha value is -4.34. The average Bonchev–Trinajstić information content (AvgIpc) is 2.73. The number of nitro groups is 1. The van der Waals surface area contributed by atoms with E-state index in [9.17, 15) is 24.5 Å². The predicted molar refractivity (Wildman–Crippen MR) is 104 cm³/mol. The topological polar surface area (TPSA) is 131 Å². The van der Waals surface area contributed by atoms with Gasteiger partial charge in [-0.3, -0.25) is 14.9 Å². The van der Waals surface area contributed by atoms with Crippen LogP contribution in [-0.2, 0) is 4.74 Å². The van der Waals surface area contributed by atoms with E-state index in [0.717, 1.165) is 10.7 Å². The maximum atomic E-state index is 12.5. The molecule has 0 saturated carbocycles. The quantitative estimate of drug-likeness (QED) is 0.272. The molecular weight excluding hydrogens is 394 g/mol. The molecule has 152 valence electrons. The van der Waals surface area contributed by atoms with Crippen molar-refractivity contribution in [1.82, 2.24) is 9.78 Å². The highest BCUT2D eigenvalue weighted by Crippen LogP contribution is 2.22. The van der Waals surface area contributed by atoms with Crippen LogP contribution in [0, 0.1) is 17.0 Å². The highest BCUT2D eigenvalue weighted by Gasteiger charge is 2.21. The Morgan fingerprint density at radius 3 is 2.37 bits per heavy atom. The molecule has 0 aliphatic heterocycles. The molecule has 0 saturated heterocycles. The number of carbonyl (C=O) groups excluding carboxylic acids is 2. The second-order valence-corrected chi connectivity index (χ2v) is 6.06. The number of aryl methyl sites for hydroxylation is 1. The van der Waals surface area contributed by atoms with E-state index >= 15 is 0 Å². The number of hydrogen-bond acceptors (Lipinski definition) is 8. The minimum Gasteiger partial charge on any atom is -0.465 e. The fourth-order valence-electron chi connectivity index (χ4n) is 2.66. The van der Waals surface area contributed by atoms with E-state index in [2.05, 4.69) is 9.84 Å². The van der Waals surface area contributed by atoms with Gasteiger partial charge in [-0.25, -0.2) is 14.3 Å². The molecule has 30 heavy (non-hydrogen) atoms. The molecule has 0 N–H and O–H groups in total. The lowest BCUT2D eigenvalue weighted by Gasteiger charge is -2.11. The van der Waals surface area contributed by atoms with Gasteiger partial charge in [-0.2, -0.15) is 5.10 Å². The molecule has 0 spiro atoms. The third kappa shape index (κ3) is 4.07. The highest BCUT2D eigenvalue weighted by atomic mass is 16.6. The number of para-hydroxylation sites is 2. The number of nitrogens with zero attached hydrogens (tertiary/aromatic N) is 3. The monoisotopic (exact) mass is 409 g/mol. The van der Waals surface area contributed by atoms with Crippen LogP contribution in [0.5, 0.6) is 5.75 Å². The molecule has 1 heterocycles. The Balaban J connectivity index is 1.96. The van der Waals surface area contributed by atoms with Gasteiger partial charge in [-0.1, -0.05) is 12.1 Å². The van der Waals surface area contributed by atoms with Gasteiger partial charge in [0.2, 0.25) is 11.1 Å². The molecule has 0 unspecified atom stereocenters. The first-order valence-electron chi connectivity index (χ1n) is 8.57. The van der Waals surface area contributed by atoms with Crippen LogP contribution in [0.15, 0.2) is 59.4 Å². The lowest BCUT2D eigenvalue weighted by molar-refractivity contribution is -0.384. The van der Waals surface area contributed by atoms with Crippen molar-refractivity contribution < 1.29 is 24.0 Å². The Kier molecular flexibility index (Phi) is 5.68. The summed E-state index contributed by atoms with van der Waals surface area (Å²) in [6.07, 6.45) is 0. The maximum absolute atomic E-state index is 12.5. The fourth-order valence-corrected chi connectivity index (χ4v) is 2.66. The van der Waals surface area contributed by atoms with Gasteiger partial charge in [0, 0.05) is 17.8 Å². The van der Waals surface area contributed by atoms with Crippen molar-refractivity contribution in [2.75, 3.05) is 7.11 Å². The number of esters is 2. The molecule has 0 aliphatic rings. The third-order valence-corrected chi connectivity index (χ3v) is 4.09. The Labute approximate surface area is 169 Å². The summed E-state index contributed by atoms with van der Waals surface area (Å²) in [5.74, 6) is -1.52. The Bertz CT molecular complexity index is 1200. The van der Waals surface area contributed by atoms with E-state index in [1.807, 2.05) is 0 Å². The predicted octanol–water partition coefficient (Wildman–Crippen LogP) is 2.45. The van der Waals surface area contributed by atoms with Crippen LogP contribution in [-0.4, -0.2) is 33.8 Å². The van der Waals surface area contributed by atoms with Gasteiger partial charge < -0.3 is 9.47 Å². The summed E-state index contributed by atoms with van der Waals surface area (Å²) in [6, 6.07) is 12.4. The zero-order valence-corrected chi connectivity index (χ0v) is 15.9. The van der Waals surface area contributed by atoms with Crippen molar-refractivity contribution in [1.29, 1.82) is 0 Å². The molecule has 2 aromatic carbocycles. The molecule has 3 aromatic rings. The number of ether oxygens (including phenoxy) is 2. The van der Waals surface area contributed by atoms with Crippen molar-refractivity contribution in [2.24, 2.45) is 0 Å². The van der Waals surface area contributed by atoms with Crippen LogP contribution in [0.2, 0.25) is 0 Å². The van der Waals surface area contributed by atoms with Crippen molar-refractivity contribution in [3.63, 3.8) is 0 Å². The summed E-state index contributed by atoms with van der Waals surface area (Å²) in [5, 5.41) is 15.3. The van der Waals surface area contributed by atoms with Gasteiger partial charge in [0.25, 0.3) is 5.69 Å². The maximum Gasteiger partial charge on any atom is 0.368 e. The van der Waals surface area contributed by atoms with Crippen molar-refractivity contribution >= 4 is 17.6 Å². The molecule has 10 nitrogen and oxygen atoms in total. The van der Waals surface area contributed by atoms with Crippen molar-refractivity contribution in [2.45, 2.75) is 6.92 Å². The zero-order chi connectivity index (χ0) is 21.8. The van der Waals surface area contributed by atoms with E-state index in [-0.39, 0.29) is 22.7 Å². The van der Waals surface area contributed by atoms with Crippen LogP contribution in [0.3, 0.4) is 0 Å². The number of nitro benzene ring substituents is 1. The second kappa shape index (κ2) is 8.35. The minimum atomic E-state index is -1.04. The fraction of sp³-hybridized carbons (Fsp3) is 0.100. The molecule has 0 amide bonds. The summed E-state index contributed by atoms with van der Waals surface area (Å²) in [4.78, 5) is 47.0. The van der Waals surface area contributed by atoms with Gasteiger partial charge in [-0.15, -0.1) is 0 Å². The number of benzene rings is 2. The van der Waals surface area contributed by atoms with E-state index < -0.39 is 28.0 Å². The molecule has 0 radical (unpaired) electrons. The largest absolute Gasteiger partial charge is 0.465 e. The van der Waals surface area contributed by atoms with Crippen LogP contribution in [0.1, 0.15) is 26.5 Å². The summed E-state index contributed by atoms with van der Waals surface area (Å²) in [5.41, 5.74) is -0.835. The van der Waals surface area contributed by atoms with E-state index in [1.54, 1.807) is 6.07 Å². The molecule has 0 aliphatic carbocycles. The molecule has 0 fully saturated rings. The van der Waals surface area contributed by atoms with Crippen molar-refractivity contribution in [3.05, 3.63) is 91.9 Å². The first kappa shape index (κ1) is 20.4. The molecule has 10 heteroatoms. The molecule has 0 bridgehead atoms. The number of aromatic nitrogens is 2. The van der Waals surface area contributed by atoms with Crippen LogP contribution < -0.4 is 10.2 Å². The van der Waals surface area contributed by atoms with E-state index in [0.29, 0.717) is 5.69 Å². The lowest BCUT2D eigenvalue weighted by atomic mass is 10.2. The second-order valence-electron chi connectivity index (χ2n) is 6.06. The third-order valence-electron chi connectivity index (χ3n) is 4.09. The number of rotatable bonds is 5. The average molecular weight is 409 g/mol. The molecule has 0 atom stereocenters. The highest BCUT2D eigenvalue weighted by molar-refractivity contribution is 5.90. The smallest absolute Gasteiger partial charge is 0.368 e. The van der Waals surface area contributed by atoms with E-state index in [1.165, 1.54) is 56.5 Å². The van der Waals surface area contributed by atoms with Gasteiger partial charge in [0.05, 0.1) is 17.6 Å². The SMILES string of the molecule is COC(=O)c1ccc(OC(=O)c2nn(-c3ccccc3[N+](=O)[O-])c(C)cc2=O)cc1. The van der Waals surface area contributed by atoms with Crippen LogP contribution in [0.4, 0.5) is 5.69 Å². The number of hydrogen-bond donors (Lipinski definition) is 0. The molecule has 1 aromatic heterocycles. The normalized spacial score (nSPS) is 10.3. The van der Waals surface area contributed by atoms with E-state index in [4.69, 9.17) is 4.74 Å². The summed E-state index contributed by atoms with van der Waals surface area (Å²) >= 11 is 0. The summed E-state index contributed by atoms with van der Waals surface area (Å²) < 4.78 is 10.9. The van der Waals surface area contributed by atoms with Gasteiger partial charge in [0.1, 0.15) is 11.4 Å². The van der Waals surface area contributed by atoms with Gasteiger partial charge in [-0.05, 0) is 37.3 Å². The molecular formula is C20H15N3O7. The van der Waals surface area contributed by atoms with Crippen LogP contribution in [0.25, 0.3) is 5.69 Å². The van der Waals surface area contributed by atoms with Crippen LogP contribution >= 0.6 is 0 Å². The minimum absolute atomic E-state index is 0.0756. The lowest BCUT2D eigenvalue weighted by Crippen LogP contribution is -2.26. The van der Waals surface area contributed by atoms with Crippen molar-refractivity contribution in [3.8, 4) is 11.4 Å². The van der Waals surface area contributed by atoms with Gasteiger partial charge in [0.15, 0.2) is 0 Å². The van der Waals surface area contributed by atoms with Gasteiger partial charge >= 0.3 is 11.9 Å². The standard InChI is InChI=1S/C20H15N3O7/c1-12-11-17(24)18(21-22(12)15-5-3-4-6-16(15)23(27)28)20(26)30-14-9-7-13(8-10-14)19(25)29-2/h3-11H,1-2H3. The first-order chi connectivity index (χ1) is 14.3. The Morgan fingerprint density at radius 2 is 1.73 bits per heavy atom. The number of carbonyl (C=O) groups is 2. The summed E-state index contributed by atoms with van der Waals surface area (Å²) in [7, 11) is 1.24. The Morgan fingerprint density at radius 1 is 1.07 bits per heavy atom. The number of methoxy groups -OCH3 is 1. The summed E-state index contributed by atoms with van der Waals surface area (Å²) in [6.45, 7) is 1.53. The molecule has 3 rings (SSSR count). The first-order valence-corrected chi connectivity index (χ1v) is 8.57.